The van der Waals surface area contributed by atoms with Gasteiger partial charge in [0.15, 0.2) is 11.5 Å². The average Bonchev–Trinajstić information content (AvgIpc) is 3.44. The number of allylic oxidation sites excluding steroid dienone is 1. The molecule has 1 saturated heterocycles. The Labute approximate surface area is 202 Å². The molecule has 0 radical (unpaired) electrons. The Morgan fingerprint density at radius 2 is 1.86 bits per heavy atom. The van der Waals surface area contributed by atoms with Gasteiger partial charge in [-0.05, 0) is 62.2 Å². The molecular weight excluding hydrogens is 444 g/mol. The summed E-state index contributed by atoms with van der Waals surface area (Å²) in [5, 5.41) is 0. The van der Waals surface area contributed by atoms with Crippen LogP contribution in [0.15, 0.2) is 77.9 Å². The van der Waals surface area contributed by atoms with E-state index in [1.165, 1.54) is 10.9 Å². The number of imidazole rings is 1. The van der Waals surface area contributed by atoms with Crippen LogP contribution in [0.5, 0.6) is 11.5 Å². The largest absolute Gasteiger partial charge is 0.457 e. The molecule has 5 rings (SSSR count). The predicted molar refractivity (Wildman–Crippen MR) is 134 cm³/mol. The van der Waals surface area contributed by atoms with Crippen LogP contribution < -0.4 is 16.2 Å². The van der Waals surface area contributed by atoms with Crippen molar-refractivity contribution in [3.8, 4) is 17.2 Å². The Bertz CT molecular complexity index is 1440. The van der Waals surface area contributed by atoms with Crippen molar-refractivity contribution in [1.82, 2.24) is 24.0 Å². The molecule has 3 heterocycles. The standard InChI is InChI=1S/C26H26N6O3/c1-2-7-22(33)30-15-6-8-19(30)16-31-25-23(24(27)28-17-29-25)32(26(31)34)18-11-13-21(14-12-18)35-20-9-4-3-5-10-20/h2-5,7,9-14,17,19H,6,8,15-16H2,1H3,(H2,27,28,29)/t19-/m0/s1. The monoisotopic (exact) mass is 470 g/mol. The fourth-order valence-corrected chi connectivity index (χ4v) is 4.56. The highest BCUT2D eigenvalue weighted by Gasteiger charge is 2.30. The van der Waals surface area contributed by atoms with Crippen LogP contribution in [0.4, 0.5) is 5.82 Å². The number of nitrogens with two attached hydrogens (primary N) is 1. The van der Waals surface area contributed by atoms with E-state index in [9.17, 15) is 9.59 Å². The van der Waals surface area contributed by atoms with Crippen molar-refractivity contribution in [1.29, 1.82) is 0 Å². The highest BCUT2D eigenvalue weighted by Crippen LogP contribution is 2.26. The smallest absolute Gasteiger partial charge is 0.335 e. The number of anilines is 1. The van der Waals surface area contributed by atoms with Crippen LogP contribution >= 0.6 is 0 Å². The zero-order valence-corrected chi connectivity index (χ0v) is 19.4. The summed E-state index contributed by atoms with van der Waals surface area (Å²) in [5.74, 6) is 1.53. The van der Waals surface area contributed by atoms with E-state index in [1.807, 2.05) is 42.2 Å². The number of rotatable bonds is 6. The molecule has 9 heteroatoms. The molecule has 0 saturated carbocycles. The molecule has 1 aliphatic heterocycles. The summed E-state index contributed by atoms with van der Waals surface area (Å²) in [7, 11) is 0. The molecule has 1 aliphatic rings. The Kier molecular flexibility index (Phi) is 6.05. The highest BCUT2D eigenvalue weighted by atomic mass is 16.5. The van der Waals surface area contributed by atoms with Crippen molar-refractivity contribution in [3.63, 3.8) is 0 Å². The summed E-state index contributed by atoms with van der Waals surface area (Å²) in [4.78, 5) is 36.5. The first-order valence-corrected chi connectivity index (χ1v) is 11.5. The lowest BCUT2D eigenvalue weighted by Gasteiger charge is -2.23. The number of carbonyl (C=O) groups excluding carboxylic acids is 1. The number of benzene rings is 2. The third-order valence-corrected chi connectivity index (χ3v) is 6.17. The van der Waals surface area contributed by atoms with E-state index in [2.05, 4.69) is 9.97 Å². The van der Waals surface area contributed by atoms with Gasteiger partial charge >= 0.3 is 5.69 Å². The molecule has 1 fully saturated rings. The maximum atomic E-state index is 13.7. The van der Waals surface area contributed by atoms with Gasteiger partial charge < -0.3 is 15.4 Å². The molecule has 178 valence electrons. The topological polar surface area (TPSA) is 108 Å². The predicted octanol–water partition coefficient (Wildman–Crippen LogP) is 3.52. The van der Waals surface area contributed by atoms with Crippen LogP contribution in [0.1, 0.15) is 19.8 Å². The molecule has 0 bridgehead atoms. The SMILES string of the molecule is CC=CC(=O)N1CCC[C@H]1Cn1c(=O)n(-c2ccc(Oc3ccccc3)cc2)c2c(N)ncnc21. The second-order valence-electron chi connectivity index (χ2n) is 8.40. The van der Waals surface area contributed by atoms with Crippen molar-refractivity contribution in [3.05, 3.63) is 83.6 Å². The first kappa shape index (κ1) is 22.4. The van der Waals surface area contributed by atoms with Crippen LogP contribution in [-0.4, -0.2) is 42.5 Å². The molecule has 35 heavy (non-hydrogen) atoms. The summed E-state index contributed by atoms with van der Waals surface area (Å²) in [6.07, 6.45) is 6.35. The summed E-state index contributed by atoms with van der Waals surface area (Å²) >= 11 is 0. The lowest BCUT2D eigenvalue weighted by Crippen LogP contribution is -2.39. The molecule has 1 amide bonds. The van der Waals surface area contributed by atoms with Gasteiger partial charge in [0.25, 0.3) is 0 Å². The number of para-hydroxylation sites is 1. The van der Waals surface area contributed by atoms with Gasteiger partial charge in [-0.1, -0.05) is 24.3 Å². The molecule has 0 unspecified atom stereocenters. The number of nitrogens with zero attached hydrogens (tertiary/aromatic N) is 5. The van der Waals surface area contributed by atoms with E-state index >= 15 is 0 Å². The second kappa shape index (κ2) is 9.46. The van der Waals surface area contributed by atoms with Crippen molar-refractivity contribution < 1.29 is 9.53 Å². The van der Waals surface area contributed by atoms with Crippen LogP contribution in [0.25, 0.3) is 16.9 Å². The molecule has 1 atom stereocenters. The Morgan fingerprint density at radius 3 is 2.60 bits per heavy atom. The molecule has 0 spiro atoms. The quantitative estimate of drug-likeness (QED) is 0.432. The van der Waals surface area contributed by atoms with Crippen LogP contribution in [0.3, 0.4) is 0 Å². The minimum absolute atomic E-state index is 0.0464. The first-order chi connectivity index (χ1) is 17.1. The molecular formula is C26H26N6O3. The van der Waals surface area contributed by atoms with Crippen molar-refractivity contribution in [2.75, 3.05) is 12.3 Å². The zero-order valence-electron chi connectivity index (χ0n) is 19.4. The molecule has 2 aromatic heterocycles. The van der Waals surface area contributed by atoms with E-state index in [0.29, 0.717) is 35.7 Å². The summed E-state index contributed by atoms with van der Waals surface area (Å²) in [5.41, 5.74) is 7.43. The zero-order chi connectivity index (χ0) is 24.4. The van der Waals surface area contributed by atoms with Gasteiger partial charge in [0.05, 0.1) is 11.7 Å². The number of ether oxygens (including phenoxy) is 1. The number of amides is 1. The van der Waals surface area contributed by atoms with E-state index in [-0.39, 0.29) is 23.5 Å². The summed E-state index contributed by atoms with van der Waals surface area (Å²) in [6.45, 7) is 2.81. The molecule has 9 nitrogen and oxygen atoms in total. The van der Waals surface area contributed by atoms with Crippen molar-refractivity contribution in [2.24, 2.45) is 0 Å². The van der Waals surface area contributed by atoms with Gasteiger partial charge in [0.1, 0.15) is 23.3 Å². The maximum Gasteiger partial charge on any atom is 0.335 e. The number of hydrogen-bond acceptors (Lipinski definition) is 6. The molecule has 2 N–H and O–H groups in total. The minimum atomic E-state index is -0.283. The Balaban J connectivity index is 1.52. The third-order valence-electron chi connectivity index (χ3n) is 6.17. The lowest BCUT2D eigenvalue weighted by molar-refractivity contribution is -0.127. The minimum Gasteiger partial charge on any atom is -0.457 e. The number of nitrogen functional groups attached to an aromatic ring is 1. The van der Waals surface area contributed by atoms with Gasteiger partial charge in [0, 0.05) is 13.1 Å². The number of carbonyl (C=O) groups is 1. The normalized spacial score (nSPS) is 15.8. The van der Waals surface area contributed by atoms with Crippen LogP contribution in [-0.2, 0) is 11.3 Å². The van der Waals surface area contributed by atoms with Gasteiger partial charge in [-0.2, -0.15) is 0 Å². The van der Waals surface area contributed by atoms with E-state index < -0.39 is 0 Å². The Hall–Kier alpha value is -4.40. The van der Waals surface area contributed by atoms with Crippen LogP contribution in [0, 0.1) is 0 Å². The first-order valence-electron chi connectivity index (χ1n) is 11.5. The lowest BCUT2D eigenvalue weighted by atomic mass is 10.2. The number of hydrogen-bond donors (Lipinski definition) is 1. The molecule has 2 aromatic carbocycles. The van der Waals surface area contributed by atoms with Crippen molar-refractivity contribution >= 4 is 22.9 Å². The molecule has 4 aromatic rings. The average molecular weight is 471 g/mol. The molecule has 0 aliphatic carbocycles. The number of likely N-dealkylation sites (tertiary alicyclic amines) is 1. The van der Waals surface area contributed by atoms with E-state index in [0.717, 1.165) is 18.6 Å². The van der Waals surface area contributed by atoms with Gasteiger partial charge in [-0.15, -0.1) is 0 Å². The van der Waals surface area contributed by atoms with Gasteiger partial charge in [-0.3, -0.25) is 13.9 Å². The Morgan fingerprint density at radius 1 is 1.11 bits per heavy atom. The van der Waals surface area contributed by atoms with E-state index in [1.54, 1.807) is 41.0 Å². The summed E-state index contributed by atoms with van der Waals surface area (Å²) < 4.78 is 8.98. The van der Waals surface area contributed by atoms with Gasteiger partial charge in [0.2, 0.25) is 5.91 Å². The summed E-state index contributed by atoms with van der Waals surface area (Å²) in [6, 6.07) is 16.6. The highest BCUT2D eigenvalue weighted by molar-refractivity contribution is 5.88. The van der Waals surface area contributed by atoms with E-state index in [4.69, 9.17) is 10.5 Å². The van der Waals surface area contributed by atoms with Crippen LogP contribution in [0.2, 0.25) is 0 Å². The number of fused-ring (bicyclic) bond motifs is 1. The second-order valence-corrected chi connectivity index (χ2v) is 8.40. The number of aromatic nitrogens is 4. The van der Waals surface area contributed by atoms with Gasteiger partial charge in [-0.25, -0.2) is 14.8 Å². The maximum absolute atomic E-state index is 13.7. The fourth-order valence-electron chi connectivity index (χ4n) is 4.56. The third kappa shape index (κ3) is 4.28. The van der Waals surface area contributed by atoms with Crippen molar-refractivity contribution in [2.45, 2.75) is 32.4 Å². The fraction of sp³-hybridized carbons (Fsp3) is 0.231.